The summed E-state index contributed by atoms with van der Waals surface area (Å²) in [6.45, 7) is 13.7. The van der Waals surface area contributed by atoms with Gasteiger partial charge in [-0.15, -0.1) is 0 Å². The van der Waals surface area contributed by atoms with Gasteiger partial charge in [0, 0.05) is 34.1 Å². The molecule has 11 aromatic rings. The third-order valence-corrected chi connectivity index (χ3v) is 15.5. The Bertz CT molecular complexity index is 3680. The van der Waals surface area contributed by atoms with Gasteiger partial charge in [-0.1, -0.05) is 199 Å². The standard InChI is InChI=1S/C69H56N2/c1-67(2,3)48-28-32-52(33-29-48)70(50-18-9-7-10-19-50)54-36-40-57-46(43-54)25-38-59-60-39-26-47-44-55(71(51-20-11-8-12-21-51)53-34-30-49(31-35-53)68(4,5)6)37-41-58(47)66(60)69(65(57)59)62-24-16-15-23-61(62)64-56-22-14-13-17-45(56)27-42-63(64)69/h7-44H,1-6H3. The van der Waals surface area contributed by atoms with Gasteiger partial charge in [-0.25, -0.2) is 0 Å². The summed E-state index contributed by atoms with van der Waals surface area (Å²) in [5.41, 5.74) is 19.6. The van der Waals surface area contributed by atoms with Crippen molar-refractivity contribution in [3.63, 3.8) is 0 Å². The van der Waals surface area contributed by atoms with Crippen LogP contribution in [0.4, 0.5) is 34.1 Å². The van der Waals surface area contributed by atoms with E-state index in [1.807, 2.05) is 0 Å². The van der Waals surface area contributed by atoms with Gasteiger partial charge in [-0.3, -0.25) is 0 Å². The quantitative estimate of drug-likeness (QED) is 0.164. The van der Waals surface area contributed by atoms with Crippen molar-refractivity contribution >= 4 is 66.4 Å². The number of para-hydroxylation sites is 2. The predicted molar refractivity (Wildman–Crippen MR) is 302 cm³/mol. The third kappa shape index (κ3) is 6.61. The molecule has 11 aromatic carbocycles. The fraction of sp³-hybridized carbons (Fsp3) is 0.130. The first-order valence-corrected chi connectivity index (χ1v) is 25.2. The molecule has 2 aliphatic rings. The van der Waals surface area contributed by atoms with E-state index in [1.54, 1.807) is 0 Å². The summed E-state index contributed by atoms with van der Waals surface area (Å²) in [4.78, 5) is 4.80. The smallest absolute Gasteiger partial charge is 0.0737 e. The van der Waals surface area contributed by atoms with Gasteiger partial charge in [0.15, 0.2) is 0 Å². The molecule has 0 radical (unpaired) electrons. The maximum absolute atomic E-state index is 2.45. The second-order valence-electron chi connectivity index (χ2n) is 21.7. The van der Waals surface area contributed by atoms with Crippen molar-refractivity contribution in [1.82, 2.24) is 0 Å². The minimum Gasteiger partial charge on any atom is -0.310 e. The first-order chi connectivity index (χ1) is 34.5. The van der Waals surface area contributed by atoms with Crippen molar-refractivity contribution in [2.24, 2.45) is 0 Å². The average Bonchev–Trinajstić information content (AvgIpc) is 3.87. The van der Waals surface area contributed by atoms with Crippen molar-refractivity contribution in [2.75, 3.05) is 9.80 Å². The van der Waals surface area contributed by atoms with Crippen LogP contribution in [0.25, 0.3) is 54.6 Å². The number of anilines is 6. The lowest BCUT2D eigenvalue weighted by Gasteiger charge is -2.33. The predicted octanol–water partition coefficient (Wildman–Crippen LogP) is 19.0. The van der Waals surface area contributed by atoms with Crippen molar-refractivity contribution in [3.05, 3.63) is 264 Å². The Morgan fingerprint density at radius 1 is 0.296 bits per heavy atom. The molecule has 0 atom stereocenters. The Kier molecular flexibility index (Phi) is 9.61. The van der Waals surface area contributed by atoms with Gasteiger partial charge in [0.05, 0.1) is 5.41 Å². The second-order valence-corrected chi connectivity index (χ2v) is 21.7. The van der Waals surface area contributed by atoms with E-state index >= 15 is 0 Å². The molecule has 0 unspecified atom stereocenters. The van der Waals surface area contributed by atoms with Crippen LogP contribution in [0.15, 0.2) is 231 Å². The normalized spacial score (nSPS) is 13.3. The topological polar surface area (TPSA) is 6.48 Å². The number of nitrogens with zero attached hydrogens (tertiary/aromatic N) is 2. The molecule has 0 saturated carbocycles. The molecular weight excluding hydrogens is 857 g/mol. The molecule has 13 rings (SSSR count). The molecule has 342 valence electrons. The molecule has 0 saturated heterocycles. The fourth-order valence-electron chi connectivity index (χ4n) is 12.2. The van der Waals surface area contributed by atoms with Crippen LogP contribution in [0.5, 0.6) is 0 Å². The van der Waals surface area contributed by atoms with Crippen molar-refractivity contribution in [2.45, 2.75) is 57.8 Å². The highest BCUT2D eigenvalue weighted by atomic mass is 15.1. The van der Waals surface area contributed by atoms with E-state index in [0.29, 0.717) is 0 Å². The zero-order valence-corrected chi connectivity index (χ0v) is 41.3. The van der Waals surface area contributed by atoms with E-state index in [2.05, 4.69) is 282 Å². The summed E-state index contributed by atoms with van der Waals surface area (Å²) in [6.07, 6.45) is 0. The maximum Gasteiger partial charge on any atom is 0.0737 e. The number of hydrogen-bond donors (Lipinski definition) is 0. The monoisotopic (exact) mass is 912 g/mol. The van der Waals surface area contributed by atoms with Crippen LogP contribution in [-0.2, 0) is 16.2 Å². The Balaban J connectivity index is 1.06. The van der Waals surface area contributed by atoms with Crippen molar-refractivity contribution in [3.8, 4) is 22.3 Å². The van der Waals surface area contributed by atoms with Crippen LogP contribution in [0, 0.1) is 0 Å². The van der Waals surface area contributed by atoms with Crippen LogP contribution in [0.1, 0.15) is 74.9 Å². The minimum atomic E-state index is -0.591. The summed E-state index contributed by atoms with van der Waals surface area (Å²) >= 11 is 0. The molecule has 1 spiro atoms. The Morgan fingerprint density at radius 2 is 0.718 bits per heavy atom. The molecule has 0 bridgehead atoms. The molecule has 0 amide bonds. The lowest BCUT2D eigenvalue weighted by atomic mass is 9.68. The fourth-order valence-corrected chi connectivity index (χ4v) is 12.2. The highest BCUT2D eigenvalue weighted by Crippen LogP contribution is 2.66. The Morgan fingerprint density at radius 3 is 1.23 bits per heavy atom. The molecule has 0 aliphatic heterocycles. The number of rotatable bonds is 6. The lowest BCUT2D eigenvalue weighted by Crippen LogP contribution is -2.26. The molecule has 2 nitrogen and oxygen atoms in total. The third-order valence-electron chi connectivity index (χ3n) is 15.5. The van der Waals surface area contributed by atoms with E-state index in [1.165, 1.54) is 88.0 Å². The Labute approximate surface area is 418 Å². The summed E-state index contributed by atoms with van der Waals surface area (Å²) in [5.74, 6) is 0. The van der Waals surface area contributed by atoms with Gasteiger partial charge in [0.1, 0.15) is 0 Å². The number of fused-ring (bicyclic) bond motifs is 16. The molecular formula is C69H56N2. The minimum absolute atomic E-state index is 0.0613. The van der Waals surface area contributed by atoms with Crippen molar-refractivity contribution < 1.29 is 0 Å². The van der Waals surface area contributed by atoms with E-state index in [9.17, 15) is 0 Å². The first-order valence-electron chi connectivity index (χ1n) is 25.2. The Hall–Kier alpha value is -8.20. The maximum atomic E-state index is 2.45. The van der Waals surface area contributed by atoms with Crippen LogP contribution >= 0.6 is 0 Å². The zero-order chi connectivity index (χ0) is 48.2. The zero-order valence-electron chi connectivity index (χ0n) is 41.3. The van der Waals surface area contributed by atoms with Gasteiger partial charge in [0.25, 0.3) is 0 Å². The average molecular weight is 913 g/mol. The molecule has 0 N–H and O–H groups in total. The molecule has 0 aromatic heterocycles. The van der Waals surface area contributed by atoms with E-state index in [0.717, 1.165) is 34.1 Å². The van der Waals surface area contributed by atoms with Gasteiger partial charge in [-0.2, -0.15) is 0 Å². The van der Waals surface area contributed by atoms with Gasteiger partial charge in [0.2, 0.25) is 0 Å². The second kappa shape index (κ2) is 15.9. The number of benzene rings is 11. The largest absolute Gasteiger partial charge is 0.310 e. The van der Waals surface area contributed by atoms with Crippen LogP contribution in [0.2, 0.25) is 0 Å². The SMILES string of the molecule is CC(C)(C)c1ccc(N(c2ccccc2)c2ccc3c4c(ccc3c2)-c2ccc3cc(N(c5ccccc5)c5ccc(C(C)(C)C)cc5)ccc3c2C42c3ccccc3-c3c2ccc2ccccc32)cc1. The highest BCUT2D eigenvalue weighted by Gasteiger charge is 2.53. The van der Waals surface area contributed by atoms with E-state index in [4.69, 9.17) is 0 Å². The van der Waals surface area contributed by atoms with Crippen LogP contribution in [0.3, 0.4) is 0 Å². The molecule has 2 aliphatic carbocycles. The van der Waals surface area contributed by atoms with Crippen LogP contribution in [-0.4, -0.2) is 0 Å². The highest BCUT2D eigenvalue weighted by molar-refractivity contribution is 6.13. The summed E-state index contributed by atoms with van der Waals surface area (Å²) in [7, 11) is 0. The van der Waals surface area contributed by atoms with Gasteiger partial charge >= 0.3 is 0 Å². The first kappa shape index (κ1) is 42.9. The molecule has 0 heterocycles. The molecule has 71 heavy (non-hydrogen) atoms. The van der Waals surface area contributed by atoms with Gasteiger partial charge < -0.3 is 9.80 Å². The number of hydrogen-bond acceptors (Lipinski definition) is 2. The van der Waals surface area contributed by atoms with E-state index in [-0.39, 0.29) is 10.8 Å². The molecule has 2 heteroatoms. The summed E-state index contributed by atoms with van der Waals surface area (Å²) in [6, 6.07) is 86.8. The molecule has 0 fully saturated rings. The van der Waals surface area contributed by atoms with Crippen molar-refractivity contribution in [1.29, 1.82) is 0 Å². The van der Waals surface area contributed by atoms with E-state index < -0.39 is 5.41 Å². The summed E-state index contributed by atoms with van der Waals surface area (Å²) in [5, 5.41) is 7.53. The van der Waals surface area contributed by atoms with Crippen LogP contribution < -0.4 is 9.80 Å². The summed E-state index contributed by atoms with van der Waals surface area (Å²) < 4.78 is 0. The van der Waals surface area contributed by atoms with Gasteiger partial charge in [-0.05, 0) is 172 Å². The lowest BCUT2D eigenvalue weighted by molar-refractivity contribution is 0.590.